The Labute approximate surface area is 159 Å². The lowest BCUT2D eigenvalue weighted by molar-refractivity contribution is 0.0602. The summed E-state index contributed by atoms with van der Waals surface area (Å²) in [6, 6.07) is 11.8. The van der Waals surface area contributed by atoms with Gasteiger partial charge < -0.3 is 19.5 Å². The number of para-hydroxylation sites is 1. The van der Waals surface area contributed by atoms with Crippen LogP contribution in [0, 0.1) is 0 Å². The smallest absolute Gasteiger partial charge is 0.339 e. The second kappa shape index (κ2) is 10.3. The van der Waals surface area contributed by atoms with E-state index < -0.39 is 5.97 Å². The maximum absolute atomic E-state index is 12.7. The Hall–Kier alpha value is -2.86. The van der Waals surface area contributed by atoms with E-state index >= 15 is 0 Å². The van der Waals surface area contributed by atoms with E-state index in [4.69, 9.17) is 14.2 Å². The summed E-state index contributed by atoms with van der Waals surface area (Å²) in [4.78, 5) is 24.5. The molecular weight excluding hydrogens is 346 g/mol. The quantitative estimate of drug-likeness (QED) is 0.532. The number of rotatable bonds is 9. The summed E-state index contributed by atoms with van der Waals surface area (Å²) in [5, 5.41) is 2.76. The van der Waals surface area contributed by atoms with Gasteiger partial charge in [-0.25, -0.2) is 4.79 Å². The zero-order chi connectivity index (χ0) is 19.6. The summed E-state index contributed by atoms with van der Waals surface area (Å²) in [6.07, 6.45) is 2.03. The number of hydrogen-bond acceptors (Lipinski definition) is 5. The van der Waals surface area contributed by atoms with Crippen LogP contribution in [0.15, 0.2) is 42.5 Å². The number of carbonyl (C=O) groups is 2. The van der Waals surface area contributed by atoms with Gasteiger partial charge in [-0.05, 0) is 36.8 Å². The van der Waals surface area contributed by atoms with Crippen molar-refractivity contribution in [3.63, 3.8) is 0 Å². The number of ether oxygens (including phenoxy) is 3. The van der Waals surface area contributed by atoms with E-state index in [-0.39, 0.29) is 5.91 Å². The van der Waals surface area contributed by atoms with Crippen molar-refractivity contribution in [3.8, 4) is 5.75 Å². The van der Waals surface area contributed by atoms with Crippen molar-refractivity contribution >= 4 is 17.6 Å². The minimum absolute atomic E-state index is 0.296. The molecule has 1 N–H and O–H groups in total. The first kappa shape index (κ1) is 20.5. The number of unbranched alkanes of at least 4 members (excludes halogenated alkanes) is 1. The number of hydrogen-bond donors (Lipinski definition) is 1. The fourth-order valence-electron chi connectivity index (χ4n) is 2.54. The largest absolute Gasteiger partial charge is 0.496 e. The first-order valence-electron chi connectivity index (χ1n) is 8.84. The normalized spacial score (nSPS) is 10.3. The van der Waals surface area contributed by atoms with E-state index in [1.807, 2.05) is 0 Å². The summed E-state index contributed by atoms with van der Waals surface area (Å²) in [5.41, 5.74) is 1.93. The minimum Gasteiger partial charge on any atom is -0.496 e. The molecule has 0 heterocycles. The van der Waals surface area contributed by atoms with Crippen LogP contribution in [0.4, 0.5) is 5.69 Å². The molecule has 0 atom stereocenters. The molecule has 0 aromatic heterocycles. The van der Waals surface area contributed by atoms with Gasteiger partial charge in [0.1, 0.15) is 5.75 Å². The molecule has 6 nitrogen and oxygen atoms in total. The molecule has 0 radical (unpaired) electrons. The molecular formula is C21H25NO5. The molecule has 0 bridgehead atoms. The number of esters is 1. The average Bonchev–Trinajstić information content (AvgIpc) is 2.70. The van der Waals surface area contributed by atoms with Crippen LogP contribution >= 0.6 is 0 Å². The number of amides is 1. The number of anilines is 1. The molecule has 0 aliphatic rings. The Morgan fingerprint density at radius 1 is 1.07 bits per heavy atom. The maximum atomic E-state index is 12.7. The van der Waals surface area contributed by atoms with Crippen LogP contribution in [-0.2, 0) is 16.1 Å². The van der Waals surface area contributed by atoms with Crippen LogP contribution in [0.5, 0.6) is 5.75 Å². The predicted octanol–water partition coefficient (Wildman–Crippen LogP) is 4.05. The van der Waals surface area contributed by atoms with Crippen LogP contribution < -0.4 is 10.1 Å². The Bertz CT molecular complexity index is 788. The van der Waals surface area contributed by atoms with Gasteiger partial charge in [0.25, 0.3) is 5.91 Å². The van der Waals surface area contributed by atoms with Crippen molar-refractivity contribution < 1.29 is 23.8 Å². The molecule has 0 aliphatic heterocycles. The van der Waals surface area contributed by atoms with Gasteiger partial charge in [0.15, 0.2) is 0 Å². The zero-order valence-electron chi connectivity index (χ0n) is 15.9. The topological polar surface area (TPSA) is 73.9 Å². The van der Waals surface area contributed by atoms with E-state index in [1.54, 1.807) is 49.6 Å². The van der Waals surface area contributed by atoms with Gasteiger partial charge >= 0.3 is 5.97 Å². The lowest BCUT2D eigenvalue weighted by Crippen LogP contribution is -2.16. The van der Waals surface area contributed by atoms with E-state index in [1.165, 1.54) is 7.11 Å². The number of nitrogens with one attached hydrogen (secondary N) is 1. The first-order valence-corrected chi connectivity index (χ1v) is 8.84. The Morgan fingerprint density at radius 3 is 2.56 bits per heavy atom. The third kappa shape index (κ3) is 5.56. The van der Waals surface area contributed by atoms with Crippen molar-refractivity contribution in [1.82, 2.24) is 0 Å². The third-order valence-electron chi connectivity index (χ3n) is 4.02. The molecule has 1 amide bonds. The Balaban J connectivity index is 2.18. The molecule has 0 aliphatic carbocycles. The molecule has 0 saturated carbocycles. The van der Waals surface area contributed by atoms with Crippen molar-refractivity contribution in [3.05, 3.63) is 59.2 Å². The number of benzene rings is 2. The summed E-state index contributed by atoms with van der Waals surface area (Å²) < 4.78 is 15.7. The summed E-state index contributed by atoms with van der Waals surface area (Å²) in [6.45, 7) is 3.12. The van der Waals surface area contributed by atoms with Crippen molar-refractivity contribution in [2.75, 3.05) is 26.1 Å². The lowest BCUT2D eigenvalue weighted by atomic mass is 10.1. The molecule has 2 aromatic carbocycles. The van der Waals surface area contributed by atoms with Crippen molar-refractivity contribution in [2.45, 2.75) is 26.4 Å². The minimum atomic E-state index is -0.509. The van der Waals surface area contributed by atoms with Gasteiger partial charge in [-0.15, -0.1) is 0 Å². The molecule has 0 saturated heterocycles. The van der Waals surface area contributed by atoms with Gasteiger partial charge in [-0.2, -0.15) is 0 Å². The lowest BCUT2D eigenvalue weighted by Gasteiger charge is -2.13. The standard InChI is InChI=1S/C21H25NO5/c1-4-5-12-27-14-16-13-15(10-11-19(16)25-2)20(23)22-18-9-7-6-8-17(18)21(24)26-3/h6-11,13H,4-5,12,14H2,1-3H3,(H,22,23). The van der Waals surface area contributed by atoms with Crippen molar-refractivity contribution in [2.24, 2.45) is 0 Å². The summed E-state index contributed by atoms with van der Waals surface area (Å²) >= 11 is 0. The molecule has 6 heteroatoms. The van der Waals surface area contributed by atoms with Crippen LogP contribution in [0.1, 0.15) is 46.0 Å². The van der Waals surface area contributed by atoms with Crippen LogP contribution in [0.2, 0.25) is 0 Å². The second-order valence-electron chi connectivity index (χ2n) is 5.92. The van der Waals surface area contributed by atoms with Crippen LogP contribution in [0.3, 0.4) is 0 Å². The highest BCUT2D eigenvalue weighted by molar-refractivity contribution is 6.08. The van der Waals surface area contributed by atoms with E-state index in [9.17, 15) is 9.59 Å². The molecule has 27 heavy (non-hydrogen) atoms. The van der Waals surface area contributed by atoms with Gasteiger partial charge in [0.05, 0.1) is 32.1 Å². The van der Waals surface area contributed by atoms with E-state index in [0.717, 1.165) is 18.4 Å². The fourth-order valence-corrected chi connectivity index (χ4v) is 2.54. The first-order chi connectivity index (χ1) is 13.1. The second-order valence-corrected chi connectivity index (χ2v) is 5.92. The highest BCUT2D eigenvalue weighted by Crippen LogP contribution is 2.23. The average molecular weight is 371 g/mol. The zero-order valence-corrected chi connectivity index (χ0v) is 15.9. The van der Waals surface area contributed by atoms with Gasteiger partial charge in [0.2, 0.25) is 0 Å². The Morgan fingerprint density at radius 2 is 1.85 bits per heavy atom. The van der Waals surface area contributed by atoms with Gasteiger partial charge in [0, 0.05) is 17.7 Å². The van der Waals surface area contributed by atoms with Crippen LogP contribution in [0.25, 0.3) is 0 Å². The third-order valence-corrected chi connectivity index (χ3v) is 4.02. The number of methoxy groups -OCH3 is 2. The highest BCUT2D eigenvalue weighted by Gasteiger charge is 2.15. The van der Waals surface area contributed by atoms with Crippen molar-refractivity contribution in [1.29, 1.82) is 0 Å². The molecule has 0 fully saturated rings. The van der Waals surface area contributed by atoms with E-state index in [2.05, 4.69) is 12.2 Å². The fraction of sp³-hybridized carbons (Fsp3) is 0.333. The molecule has 2 rings (SSSR count). The van der Waals surface area contributed by atoms with E-state index in [0.29, 0.717) is 35.8 Å². The maximum Gasteiger partial charge on any atom is 0.339 e. The summed E-state index contributed by atoms with van der Waals surface area (Å²) in [5.74, 6) is -0.174. The van der Waals surface area contributed by atoms with Crippen LogP contribution in [-0.4, -0.2) is 32.7 Å². The molecule has 2 aromatic rings. The summed E-state index contributed by atoms with van der Waals surface area (Å²) in [7, 11) is 2.88. The van der Waals surface area contributed by atoms with Gasteiger partial charge in [-0.3, -0.25) is 4.79 Å². The molecule has 0 unspecified atom stereocenters. The Kier molecular flexibility index (Phi) is 7.82. The van der Waals surface area contributed by atoms with Gasteiger partial charge in [-0.1, -0.05) is 25.5 Å². The number of carbonyl (C=O) groups excluding carboxylic acids is 2. The SMILES string of the molecule is CCCCOCc1cc(C(=O)Nc2ccccc2C(=O)OC)ccc1OC. The highest BCUT2D eigenvalue weighted by atomic mass is 16.5. The predicted molar refractivity (Wildman–Crippen MR) is 103 cm³/mol. The molecule has 0 spiro atoms. The molecule has 144 valence electrons. The monoisotopic (exact) mass is 371 g/mol.